The van der Waals surface area contributed by atoms with E-state index in [0.717, 1.165) is 28.2 Å². The molecule has 2 rings (SSSR count). The molecule has 0 aliphatic rings. The van der Waals surface area contributed by atoms with Gasteiger partial charge in [0.05, 0.1) is 20.3 Å². The number of hydrogen-bond acceptors (Lipinski definition) is 6. The lowest BCUT2D eigenvalue weighted by Gasteiger charge is -2.06. The fourth-order valence-electron chi connectivity index (χ4n) is 1.61. The van der Waals surface area contributed by atoms with E-state index < -0.39 is 0 Å². The third-order valence-electron chi connectivity index (χ3n) is 2.75. The zero-order valence-corrected chi connectivity index (χ0v) is 12.4. The molecule has 0 aliphatic carbocycles. The van der Waals surface area contributed by atoms with E-state index in [1.807, 2.05) is 35.9 Å². The number of ether oxygens (including phenoxy) is 2. The van der Waals surface area contributed by atoms with Crippen LogP contribution in [0.15, 0.2) is 29.4 Å². The smallest absolute Gasteiger partial charge is 0.191 e. The van der Waals surface area contributed by atoms with Crippen LogP contribution < -0.4 is 15.2 Å². The van der Waals surface area contributed by atoms with Gasteiger partial charge in [-0.1, -0.05) is 11.8 Å². The summed E-state index contributed by atoms with van der Waals surface area (Å²) in [6.07, 6.45) is 0. The molecule has 6 nitrogen and oxygen atoms in total. The molecule has 0 amide bonds. The van der Waals surface area contributed by atoms with Gasteiger partial charge in [-0.25, -0.2) is 0 Å². The second-order valence-corrected chi connectivity index (χ2v) is 5.10. The first-order chi connectivity index (χ1) is 9.74. The van der Waals surface area contributed by atoms with Crippen LogP contribution >= 0.6 is 11.8 Å². The summed E-state index contributed by atoms with van der Waals surface area (Å²) in [6, 6.07) is 7.52. The summed E-state index contributed by atoms with van der Waals surface area (Å²) in [5.41, 5.74) is 5.55. The van der Waals surface area contributed by atoms with E-state index in [-0.39, 0.29) is 0 Å². The largest absolute Gasteiger partial charge is 0.497 e. The Hall–Kier alpha value is -1.73. The number of hydrogen-bond donors (Lipinski definition) is 1. The van der Waals surface area contributed by atoms with Crippen LogP contribution in [0.4, 0.5) is 0 Å². The van der Waals surface area contributed by atoms with Crippen molar-refractivity contribution in [2.75, 3.05) is 19.5 Å². The maximum Gasteiger partial charge on any atom is 0.191 e. The zero-order valence-electron chi connectivity index (χ0n) is 11.6. The number of aromatic nitrogens is 3. The summed E-state index contributed by atoms with van der Waals surface area (Å²) in [7, 11) is 3.55. The molecule has 0 aliphatic heterocycles. The lowest BCUT2D eigenvalue weighted by molar-refractivity contribution is 0.342. The number of rotatable bonds is 7. The van der Waals surface area contributed by atoms with Gasteiger partial charge >= 0.3 is 0 Å². The van der Waals surface area contributed by atoms with Gasteiger partial charge in [0.15, 0.2) is 5.16 Å². The highest BCUT2D eigenvalue weighted by molar-refractivity contribution is 7.99. The van der Waals surface area contributed by atoms with Crippen LogP contribution in [0.5, 0.6) is 11.5 Å². The van der Waals surface area contributed by atoms with Crippen molar-refractivity contribution in [1.29, 1.82) is 0 Å². The van der Waals surface area contributed by atoms with Crippen molar-refractivity contribution < 1.29 is 9.47 Å². The average molecular weight is 294 g/mol. The molecule has 0 atom stereocenters. The lowest BCUT2D eigenvalue weighted by atomic mass is 10.3. The van der Waals surface area contributed by atoms with Gasteiger partial charge in [0.25, 0.3) is 0 Å². The Morgan fingerprint density at radius 3 is 2.50 bits per heavy atom. The van der Waals surface area contributed by atoms with E-state index in [1.165, 1.54) is 0 Å². The summed E-state index contributed by atoms with van der Waals surface area (Å²) >= 11 is 1.59. The standard InChI is InChI=1S/C13H18N4O2S/c1-17-12(9-14)15-16-13(17)20-8-7-19-11-5-3-10(18-2)4-6-11/h3-6H,7-9,14H2,1-2H3. The SMILES string of the molecule is COc1ccc(OCCSc2nnc(CN)n2C)cc1. The number of benzene rings is 1. The second kappa shape index (κ2) is 7.16. The molecular formula is C13H18N4O2S. The van der Waals surface area contributed by atoms with E-state index in [1.54, 1.807) is 18.9 Å². The summed E-state index contributed by atoms with van der Waals surface area (Å²) < 4.78 is 12.6. The molecular weight excluding hydrogens is 276 g/mol. The Morgan fingerprint density at radius 1 is 1.20 bits per heavy atom. The molecule has 7 heteroatoms. The van der Waals surface area contributed by atoms with Crippen molar-refractivity contribution >= 4 is 11.8 Å². The average Bonchev–Trinajstić information content (AvgIpc) is 2.84. The van der Waals surface area contributed by atoms with Crippen molar-refractivity contribution in [2.24, 2.45) is 12.8 Å². The van der Waals surface area contributed by atoms with Crippen LogP contribution in [0.3, 0.4) is 0 Å². The topological polar surface area (TPSA) is 75.2 Å². The molecule has 0 radical (unpaired) electrons. The fraction of sp³-hybridized carbons (Fsp3) is 0.385. The van der Waals surface area contributed by atoms with E-state index in [2.05, 4.69) is 10.2 Å². The highest BCUT2D eigenvalue weighted by Crippen LogP contribution is 2.19. The van der Waals surface area contributed by atoms with E-state index in [9.17, 15) is 0 Å². The van der Waals surface area contributed by atoms with Crippen molar-refractivity contribution in [3.8, 4) is 11.5 Å². The highest BCUT2D eigenvalue weighted by Gasteiger charge is 2.07. The maximum absolute atomic E-state index is 5.64. The Kier molecular flexibility index (Phi) is 5.25. The highest BCUT2D eigenvalue weighted by atomic mass is 32.2. The molecule has 2 aromatic rings. The number of methoxy groups -OCH3 is 1. The summed E-state index contributed by atoms with van der Waals surface area (Å²) in [5, 5.41) is 8.93. The van der Waals surface area contributed by atoms with Gasteiger partial charge in [0.2, 0.25) is 0 Å². The van der Waals surface area contributed by atoms with Gasteiger partial charge in [0, 0.05) is 12.8 Å². The number of thioether (sulfide) groups is 1. The maximum atomic E-state index is 5.64. The quantitative estimate of drug-likeness (QED) is 0.615. The third-order valence-corrected chi connectivity index (χ3v) is 3.73. The van der Waals surface area contributed by atoms with Gasteiger partial charge < -0.3 is 19.8 Å². The molecule has 20 heavy (non-hydrogen) atoms. The molecule has 0 bridgehead atoms. The Labute approximate surface area is 122 Å². The van der Waals surface area contributed by atoms with E-state index in [4.69, 9.17) is 15.2 Å². The summed E-state index contributed by atoms with van der Waals surface area (Å²) in [4.78, 5) is 0. The van der Waals surface area contributed by atoms with Crippen molar-refractivity contribution in [3.63, 3.8) is 0 Å². The lowest BCUT2D eigenvalue weighted by Crippen LogP contribution is -2.06. The van der Waals surface area contributed by atoms with Crippen molar-refractivity contribution in [2.45, 2.75) is 11.7 Å². The predicted octanol–water partition coefficient (Wildman–Crippen LogP) is 1.45. The first kappa shape index (κ1) is 14.7. The normalized spacial score (nSPS) is 10.6. The van der Waals surface area contributed by atoms with Crippen LogP contribution in [0.25, 0.3) is 0 Å². The zero-order chi connectivity index (χ0) is 14.4. The molecule has 0 saturated carbocycles. The molecule has 0 unspecified atom stereocenters. The molecule has 0 saturated heterocycles. The van der Waals surface area contributed by atoms with Crippen LogP contribution in [-0.4, -0.2) is 34.2 Å². The first-order valence-corrected chi connectivity index (χ1v) is 7.21. The first-order valence-electron chi connectivity index (χ1n) is 6.22. The van der Waals surface area contributed by atoms with Gasteiger partial charge in [0.1, 0.15) is 17.3 Å². The third kappa shape index (κ3) is 3.64. The molecule has 0 fully saturated rings. The second-order valence-electron chi connectivity index (χ2n) is 4.03. The molecule has 1 heterocycles. The molecule has 2 N–H and O–H groups in total. The Balaban J connectivity index is 1.76. The summed E-state index contributed by atoms with van der Waals surface area (Å²) in [5.74, 6) is 3.22. The molecule has 108 valence electrons. The Morgan fingerprint density at radius 2 is 1.90 bits per heavy atom. The van der Waals surface area contributed by atoms with Gasteiger partial charge in [-0.2, -0.15) is 0 Å². The fourth-order valence-corrected chi connectivity index (χ4v) is 2.36. The minimum atomic E-state index is 0.395. The molecule has 1 aromatic carbocycles. The van der Waals surface area contributed by atoms with E-state index in [0.29, 0.717) is 13.2 Å². The Bertz CT molecular complexity index is 542. The van der Waals surface area contributed by atoms with Gasteiger partial charge in [-0.05, 0) is 24.3 Å². The molecule has 1 aromatic heterocycles. The summed E-state index contributed by atoms with van der Waals surface area (Å²) in [6.45, 7) is 0.994. The van der Waals surface area contributed by atoms with Crippen LogP contribution in [0, 0.1) is 0 Å². The van der Waals surface area contributed by atoms with Crippen molar-refractivity contribution in [3.05, 3.63) is 30.1 Å². The number of nitrogens with zero attached hydrogens (tertiary/aromatic N) is 3. The minimum absolute atomic E-state index is 0.395. The van der Waals surface area contributed by atoms with Gasteiger partial charge in [-0.15, -0.1) is 10.2 Å². The van der Waals surface area contributed by atoms with Crippen molar-refractivity contribution in [1.82, 2.24) is 14.8 Å². The van der Waals surface area contributed by atoms with Gasteiger partial charge in [-0.3, -0.25) is 0 Å². The van der Waals surface area contributed by atoms with Crippen LogP contribution in [0.2, 0.25) is 0 Å². The minimum Gasteiger partial charge on any atom is -0.497 e. The monoisotopic (exact) mass is 294 g/mol. The predicted molar refractivity (Wildman–Crippen MR) is 78.1 cm³/mol. The van der Waals surface area contributed by atoms with Crippen LogP contribution in [0.1, 0.15) is 5.82 Å². The van der Waals surface area contributed by atoms with E-state index >= 15 is 0 Å². The van der Waals surface area contributed by atoms with Crippen LogP contribution in [-0.2, 0) is 13.6 Å². The molecule has 0 spiro atoms. The number of nitrogens with two attached hydrogens (primary N) is 1.